The lowest BCUT2D eigenvalue weighted by Gasteiger charge is -2.31. The summed E-state index contributed by atoms with van der Waals surface area (Å²) in [6, 6.07) is 8.71. The number of hydrogen-bond acceptors (Lipinski definition) is 2. The van der Waals surface area contributed by atoms with Crippen molar-refractivity contribution in [1.82, 2.24) is 19.8 Å². The molecule has 0 aliphatic carbocycles. The zero-order valence-corrected chi connectivity index (χ0v) is 17.4. The number of imidazole rings is 1. The predicted molar refractivity (Wildman–Crippen MR) is 114 cm³/mol. The van der Waals surface area contributed by atoms with Gasteiger partial charge >= 0.3 is 0 Å². The minimum absolute atomic E-state index is 0. The number of rotatable bonds is 5. The minimum atomic E-state index is 0. The Morgan fingerprint density at radius 3 is 2.76 bits per heavy atom. The number of halogens is 1. The number of aryl methyl sites for hydroxylation is 2. The first-order valence-electron chi connectivity index (χ1n) is 8.78. The Hall–Kier alpha value is -1.57. The summed E-state index contributed by atoms with van der Waals surface area (Å²) in [5.74, 6) is 2.11. The summed E-state index contributed by atoms with van der Waals surface area (Å²) in [7, 11) is 1.87. The molecule has 0 saturated heterocycles. The highest BCUT2D eigenvalue weighted by Crippen LogP contribution is 2.18. The number of nitrogens with one attached hydrogen (secondary N) is 1. The van der Waals surface area contributed by atoms with Crippen LogP contribution in [0.5, 0.6) is 0 Å². The number of guanidine groups is 1. The number of nitrogens with zero attached hydrogens (tertiary/aromatic N) is 4. The molecule has 1 N–H and O–H groups in total. The maximum atomic E-state index is 4.46. The summed E-state index contributed by atoms with van der Waals surface area (Å²) in [5.41, 5.74) is 2.89. The molecule has 2 aromatic rings. The van der Waals surface area contributed by atoms with Crippen LogP contribution in [0.25, 0.3) is 0 Å². The fraction of sp³-hybridized carbons (Fsp3) is 0.474. The monoisotopic (exact) mass is 453 g/mol. The fourth-order valence-corrected chi connectivity index (χ4v) is 3.26. The van der Waals surface area contributed by atoms with Gasteiger partial charge in [-0.1, -0.05) is 24.3 Å². The molecule has 6 heteroatoms. The molecular weight excluding hydrogens is 425 g/mol. The van der Waals surface area contributed by atoms with Crippen LogP contribution in [0.2, 0.25) is 0 Å². The molecule has 5 nitrogen and oxygen atoms in total. The SMILES string of the molecule is CN=C(NCCCCn1ccnc1C)N1CCc2ccccc2C1.I. The maximum Gasteiger partial charge on any atom is 0.193 e. The van der Waals surface area contributed by atoms with Crippen molar-refractivity contribution in [1.29, 1.82) is 0 Å². The Labute approximate surface area is 167 Å². The molecule has 2 heterocycles. The van der Waals surface area contributed by atoms with Crippen LogP contribution in [-0.2, 0) is 19.5 Å². The van der Waals surface area contributed by atoms with Gasteiger partial charge in [-0.15, -0.1) is 24.0 Å². The number of aromatic nitrogens is 2. The molecule has 25 heavy (non-hydrogen) atoms. The second-order valence-electron chi connectivity index (χ2n) is 6.29. The van der Waals surface area contributed by atoms with Gasteiger partial charge in [0.1, 0.15) is 5.82 Å². The standard InChI is InChI=1S/C19H27N5.HI/c1-16-21-11-14-23(16)12-6-5-10-22-19(20-2)24-13-9-17-7-3-4-8-18(17)15-24;/h3-4,7-8,11,14H,5-6,9-10,12-13,15H2,1-2H3,(H,20,22);1H. The van der Waals surface area contributed by atoms with Gasteiger partial charge in [-0.2, -0.15) is 0 Å². The van der Waals surface area contributed by atoms with Gasteiger partial charge < -0.3 is 14.8 Å². The third kappa shape index (κ3) is 5.20. The van der Waals surface area contributed by atoms with Crippen molar-refractivity contribution in [2.45, 2.75) is 39.3 Å². The van der Waals surface area contributed by atoms with Gasteiger partial charge in [-0.25, -0.2) is 4.98 Å². The van der Waals surface area contributed by atoms with Crippen molar-refractivity contribution in [3.63, 3.8) is 0 Å². The third-order valence-electron chi connectivity index (χ3n) is 4.67. The van der Waals surface area contributed by atoms with Gasteiger partial charge in [0.05, 0.1) is 0 Å². The molecule has 0 amide bonds. The van der Waals surface area contributed by atoms with E-state index in [-0.39, 0.29) is 24.0 Å². The summed E-state index contributed by atoms with van der Waals surface area (Å²) in [6.07, 6.45) is 7.28. The highest BCUT2D eigenvalue weighted by molar-refractivity contribution is 14.0. The molecule has 1 aliphatic rings. The van der Waals surface area contributed by atoms with Gasteiger partial charge in [-0.3, -0.25) is 4.99 Å². The lowest BCUT2D eigenvalue weighted by atomic mass is 10.0. The zero-order chi connectivity index (χ0) is 16.8. The molecule has 0 fully saturated rings. The van der Waals surface area contributed by atoms with E-state index in [2.05, 4.69) is 49.0 Å². The first-order chi connectivity index (χ1) is 11.8. The molecule has 0 spiro atoms. The molecule has 0 radical (unpaired) electrons. The quantitative estimate of drug-likeness (QED) is 0.327. The first-order valence-corrected chi connectivity index (χ1v) is 8.78. The summed E-state index contributed by atoms with van der Waals surface area (Å²) >= 11 is 0. The summed E-state index contributed by atoms with van der Waals surface area (Å²) < 4.78 is 2.20. The minimum Gasteiger partial charge on any atom is -0.356 e. The van der Waals surface area contributed by atoms with Crippen molar-refractivity contribution < 1.29 is 0 Å². The highest BCUT2D eigenvalue weighted by Gasteiger charge is 2.18. The van der Waals surface area contributed by atoms with Gasteiger partial charge in [0, 0.05) is 45.6 Å². The first kappa shape index (κ1) is 19.8. The van der Waals surface area contributed by atoms with E-state index in [0.29, 0.717) is 0 Å². The van der Waals surface area contributed by atoms with Crippen LogP contribution >= 0.6 is 24.0 Å². The van der Waals surface area contributed by atoms with Crippen molar-refractivity contribution in [3.8, 4) is 0 Å². The van der Waals surface area contributed by atoms with Crippen molar-refractivity contribution in [3.05, 3.63) is 53.6 Å². The van der Waals surface area contributed by atoms with Crippen LogP contribution in [-0.4, -0.2) is 40.5 Å². The number of aliphatic imine (C=N–C) groups is 1. The highest BCUT2D eigenvalue weighted by atomic mass is 127. The summed E-state index contributed by atoms with van der Waals surface area (Å²) in [5, 5.41) is 3.52. The van der Waals surface area contributed by atoms with Crippen LogP contribution in [0.1, 0.15) is 29.8 Å². The Morgan fingerprint density at radius 1 is 1.24 bits per heavy atom. The largest absolute Gasteiger partial charge is 0.356 e. The number of hydrogen-bond donors (Lipinski definition) is 1. The molecule has 0 unspecified atom stereocenters. The Morgan fingerprint density at radius 2 is 2.04 bits per heavy atom. The molecule has 1 aromatic heterocycles. The normalized spacial score (nSPS) is 14.0. The summed E-state index contributed by atoms with van der Waals surface area (Å²) in [6.45, 7) is 6.02. The number of fused-ring (bicyclic) bond motifs is 1. The van der Waals surface area contributed by atoms with E-state index >= 15 is 0 Å². The van der Waals surface area contributed by atoms with E-state index in [4.69, 9.17) is 0 Å². The fourth-order valence-electron chi connectivity index (χ4n) is 3.26. The second-order valence-corrected chi connectivity index (χ2v) is 6.29. The molecule has 1 aromatic carbocycles. The van der Waals surface area contributed by atoms with Gasteiger partial charge in [0.25, 0.3) is 0 Å². The molecule has 0 bridgehead atoms. The Balaban J connectivity index is 0.00000225. The Bertz CT molecular complexity index is 695. The average molecular weight is 453 g/mol. The molecular formula is C19H28IN5. The zero-order valence-electron chi connectivity index (χ0n) is 15.1. The van der Waals surface area contributed by atoms with Crippen LogP contribution in [0.3, 0.4) is 0 Å². The van der Waals surface area contributed by atoms with E-state index in [1.807, 2.05) is 26.4 Å². The van der Waals surface area contributed by atoms with Crippen LogP contribution in [0.15, 0.2) is 41.7 Å². The molecule has 136 valence electrons. The topological polar surface area (TPSA) is 45.5 Å². The van der Waals surface area contributed by atoms with Gasteiger partial charge in [0.15, 0.2) is 5.96 Å². The third-order valence-corrected chi connectivity index (χ3v) is 4.67. The van der Waals surface area contributed by atoms with Crippen molar-refractivity contribution in [2.75, 3.05) is 20.1 Å². The van der Waals surface area contributed by atoms with E-state index < -0.39 is 0 Å². The second kappa shape index (κ2) is 9.79. The lowest BCUT2D eigenvalue weighted by molar-refractivity contribution is 0.378. The van der Waals surface area contributed by atoms with Gasteiger partial charge in [0.2, 0.25) is 0 Å². The van der Waals surface area contributed by atoms with Crippen LogP contribution < -0.4 is 5.32 Å². The maximum absolute atomic E-state index is 4.46. The average Bonchev–Trinajstić information content (AvgIpc) is 3.03. The summed E-state index contributed by atoms with van der Waals surface area (Å²) in [4.78, 5) is 11.1. The van der Waals surface area contributed by atoms with Crippen molar-refractivity contribution >= 4 is 29.9 Å². The molecule has 0 saturated carbocycles. The lowest BCUT2D eigenvalue weighted by Crippen LogP contribution is -2.44. The van der Waals surface area contributed by atoms with Gasteiger partial charge in [-0.05, 0) is 37.3 Å². The molecule has 1 aliphatic heterocycles. The van der Waals surface area contributed by atoms with Crippen molar-refractivity contribution in [2.24, 2.45) is 4.99 Å². The predicted octanol–water partition coefficient (Wildman–Crippen LogP) is 3.22. The van der Waals surface area contributed by atoms with Crippen LogP contribution in [0, 0.1) is 6.92 Å². The van der Waals surface area contributed by atoms with E-state index in [9.17, 15) is 0 Å². The Kier molecular flexibility index (Phi) is 7.74. The number of benzene rings is 1. The molecule has 0 atom stereocenters. The van der Waals surface area contributed by atoms with E-state index in [1.165, 1.54) is 11.1 Å². The smallest absolute Gasteiger partial charge is 0.193 e. The van der Waals surface area contributed by atoms with E-state index in [0.717, 1.165) is 57.2 Å². The van der Waals surface area contributed by atoms with Crippen LogP contribution in [0.4, 0.5) is 0 Å². The molecule has 3 rings (SSSR count). The number of unbranched alkanes of at least 4 members (excludes halogenated alkanes) is 1. The van der Waals surface area contributed by atoms with E-state index in [1.54, 1.807) is 0 Å².